The third-order valence-electron chi connectivity index (χ3n) is 4.22. The van der Waals surface area contributed by atoms with Gasteiger partial charge in [0.2, 0.25) is 0 Å². The van der Waals surface area contributed by atoms with Gasteiger partial charge in [0.1, 0.15) is 5.82 Å². The molecule has 2 aromatic rings. The minimum absolute atomic E-state index is 0.0879. The Balaban J connectivity index is 1.89. The number of aryl methyl sites for hydroxylation is 1. The average molecular weight is 334 g/mol. The molecule has 0 saturated carbocycles. The normalized spacial score (nSPS) is 17.6. The lowest BCUT2D eigenvalue weighted by Gasteiger charge is -2.25. The fraction of sp³-hybridized carbons (Fsp3) is 0.294. The molecule has 23 heavy (non-hydrogen) atoms. The number of rotatable bonds is 4. The van der Waals surface area contributed by atoms with E-state index in [1.807, 2.05) is 12.1 Å². The van der Waals surface area contributed by atoms with Gasteiger partial charge in [0.25, 0.3) is 10.0 Å². The van der Waals surface area contributed by atoms with Crippen LogP contribution < -0.4 is 10.5 Å². The summed E-state index contributed by atoms with van der Waals surface area (Å²) in [6.45, 7) is 0.599. The highest BCUT2D eigenvalue weighted by Gasteiger charge is 2.20. The van der Waals surface area contributed by atoms with E-state index in [1.165, 1.54) is 23.8 Å². The molecule has 0 saturated heterocycles. The van der Waals surface area contributed by atoms with Crippen molar-refractivity contribution in [3.8, 4) is 0 Å². The largest absolute Gasteiger partial charge is 0.330 e. The van der Waals surface area contributed by atoms with Gasteiger partial charge in [-0.1, -0.05) is 12.1 Å². The van der Waals surface area contributed by atoms with Crippen molar-refractivity contribution in [2.45, 2.75) is 30.1 Å². The van der Waals surface area contributed by atoms with E-state index >= 15 is 0 Å². The Morgan fingerprint density at radius 2 is 2.04 bits per heavy atom. The Morgan fingerprint density at radius 1 is 1.22 bits per heavy atom. The summed E-state index contributed by atoms with van der Waals surface area (Å²) in [5.74, 6) is -0.239. The fourth-order valence-corrected chi connectivity index (χ4v) is 4.15. The van der Waals surface area contributed by atoms with Gasteiger partial charge < -0.3 is 5.73 Å². The highest BCUT2D eigenvalue weighted by atomic mass is 32.2. The quantitative estimate of drug-likeness (QED) is 0.903. The van der Waals surface area contributed by atoms with Crippen molar-refractivity contribution in [3.05, 3.63) is 59.4 Å². The van der Waals surface area contributed by atoms with E-state index in [2.05, 4.69) is 4.72 Å². The summed E-state index contributed by atoms with van der Waals surface area (Å²) < 4.78 is 40.4. The molecular formula is C17H19FN2O2S. The Bertz CT molecular complexity index is 821. The van der Waals surface area contributed by atoms with Crippen molar-refractivity contribution in [2.75, 3.05) is 11.3 Å². The second-order valence-electron chi connectivity index (χ2n) is 5.80. The maximum absolute atomic E-state index is 13.2. The molecule has 3 rings (SSSR count). The zero-order chi connectivity index (χ0) is 16.4. The molecule has 122 valence electrons. The molecule has 0 spiro atoms. The molecule has 0 radical (unpaired) electrons. The van der Waals surface area contributed by atoms with Gasteiger partial charge >= 0.3 is 0 Å². The summed E-state index contributed by atoms with van der Waals surface area (Å²) in [7, 11) is -3.80. The van der Waals surface area contributed by atoms with Crippen molar-refractivity contribution >= 4 is 15.7 Å². The van der Waals surface area contributed by atoms with E-state index in [1.54, 1.807) is 6.07 Å². The average Bonchev–Trinajstić information content (AvgIpc) is 2.53. The number of fused-ring (bicyclic) bond motifs is 1. The van der Waals surface area contributed by atoms with E-state index in [-0.39, 0.29) is 4.90 Å². The third kappa shape index (κ3) is 3.38. The Hall–Kier alpha value is -1.92. The third-order valence-corrected chi connectivity index (χ3v) is 5.60. The second kappa shape index (κ2) is 6.29. The van der Waals surface area contributed by atoms with Crippen molar-refractivity contribution in [1.29, 1.82) is 0 Å². The summed E-state index contributed by atoms with van der Waals surface area (Å²) in [5, 5.41) is 0. The molecule has 1 aliphatic rings. The van der Waals surface area contributed by atoms with Crippen LogP contribution in [-0.2, 0) is 16.4 Å². The molecule has 0 bridgehead atoms. The van der Waals surface area contributed by atoms with E-state index in [0.717, 1.165) is 30.9 Å². The molecule has 0 fully saturated rings. The van der Waals surface area contributed by atoms with Gasteiger partial charge in [-0.25, -0.2) is 12.8 Å². The summed E-state index contributed by atoms with van der Waals surface area (Å²) >= 11 is 0. The number of nitrogens with one attached hydrogen (secondary N) is 1. The van der Waals surface area contributed by atoms with Crippen LogP contribution in [0.4, 0.5) is 10.1 Å². The van der Waals surface area contributed by atoms with Crippen LogP contribution in [0.2, 0.25) is 0 Å². The van der Waals surface area contributed by atoms with Crippen molar-refractivity contribution in [1.82, 2.24) is 0 Å². The molecule has 1 atom stereocenters. The molecule has 0 amide bonds. The van der Waals surface area contributed by atoms with Crippen molar-refractivity contribution < 1.29 is 12.8 Å². The molecule has 0 heterocycles. The van der Waals surface area contributed by atoms with Crippen LogP contribution in [0, 0.1) is 5.82 Å². The van der Waals surface area contributed by atoms with Gasteiger partial charge in [0.05, 0.1) is 4.90 Å². The van der Waals surface area contributed by atoms with Crippen LogP contribution in [0.25, 0.3) is 0 Å². The SMILES string of the molecule is NC[C@H]1CCCc2cc(NS(=O)(=O)c3cccc(F)c3)ccc21. The first-order valence-electron chi connectivity index (χ1n) is 7.61. The topological polar surface area (TPSA) is 72.2 Å². The van der Waals surface area contributed by atoms with Gasteiger partial charge in [-0.15, -0.1) is 0 Å². The Kier molecular flexibility index (Phi) is 4.37. The molecule has 4 nitrogen and oxygen atoms in total. The summed E-state index contributed by atoms with van der Waals surface area (Å²) in [5.41, 5.74) is 8.62. The van der Waals surface area contributed by atoms with E-state index in [4.69, 9.17) is 5.73 Å². The zero-order valence-corrected chi connectivity index (χ0v) is 13.4. The number of hydrogen-bond donors (Lipinski definition) is 2. The number of anilines is 1. The standard InChI is InChI=1S/C17H19FN2O2S/c18-14-5-2-6-16(10-14)23(21,22)20-15-7-8-17-12(9-15)3-1-4-13(17)11-19/h2,5-10,13,20H,1,3-4,11,19H2/t13-/m1/s1. The van der Waals surface area contributed by atoms with Crippen molar-refractivity contribution in [3.63, 3.8) is 0 Å². The maximum atomic E-state index is 13.2. The highest BCUT2D eigenvalue weighted by molar-refractivity contribution is 7.92. The lowest BCUT2D eigenvalue weighted by Crippen LogP contribution is -2.19. The number of hydrogen-bond acceptors (Lipinski definition) is 3. The monoisotopic (exact) mass is 334 g/mol. The predicted molar refractivity (Wildman–Crippen MR) is 88.4 cm³/mol. The number of benzene rings is 2. The molecule has 6 heteroatoms. The minimum atomic E-state index is -3.80. The van der Waals surface area contributed by atoms with E-state index < -0.39 is 15.8 Å². The van der Waals surface area contributed by atoms with Gasteiger partial charge in [-0.2, -0.15) is 0 Å². The van der Waals surface area contributed by atoms with Gasteiger partial charge in [0, 0.05) is 5.69 Å². The highest BCUT2D eigenvalue weighted by Crippen LogP contribution is 2.33. The molecule has 0 aromatic heterocycles. The first-order chi connectivity index (χ1) is 11.0. The van der Waals surface area contributed by atoms with Crippen LogP contribution in [-0.4, -0.2) is 15.0 Å². The first-order valence-corrected chi connectivity index (χ1v) is 9.09. The fourth-order valence-electron chi connectivity index (χ4n) is 3.07. The molecule has 1 aliphatic carbocycles. The predicted octanol–water partition coefficient (Wildman–Crippen LogP) is 3.01. The lowest BCUT2D eigenvalue weighted by atomic mass is 9.83. The Labute approximate surface area is 135 Å². The van der Waals surface area contributed by atoms with Gasteiger partial charge in [-0.05, 0) is 73.2 Å². The number of nitrogens with two attached hydrogens (primary N) is 1. The van der Waals surface area contributed by atoms with E-state index in [9.17, 15) is 12.8 Å². The smallest absolute Gasteiger partial charge is 0.261 e. The maximum Gasteiger partial charge on any atom is 0.261 e. The lowest BCUT2D eigenvalue weighted by molar-refractivity contribution is 0.561. The molecule has 0 aliphatic heterocycles. The summed E-state index contributed by atoms with van der Waals surface area (Å²) in [6, 6.07) is 10.5. The summed E-state index contributed by atoms with van der Waals surface area (Å²) in [4.78, 5) is -0.0879. The minimum Gasteiger partial charge on any atom is -0.330 e. The number of halogens is 1. The van der Waals surface area contributed by atoms with Gasteiger partial charge in [0.15, 0.2) is 0 Å². The molecule has 0 unspecified atom stereocenters. The van der Waals surface area contributed by atoms with Crippen molar-refractivity contribution in [2.24, 2.45) is 5.73 Å². The van der Waals surface area contributed by atoms with Crippen LogP contribution in [0.3, 0.4) is 0 Å². The van der Waals surface area contributed by atoms with Crippen LogP contribution >= 0.6 is 0 Å². The number of sulfonamides is 1. The zero-order valence-electron chi connectivity index (χ0n) is 12.6. The van der Waals surface area contributed by atoms with Gasteiger partial charge in [-0.3, -0.25) is 4.72 Å². The molecular weight excluding hydrogens is 315 g/mol. The first kappa shape index (κ1) is 16.0. The van der Waals surface area contributed by atoms with E-state index in [0.29, 0.717) is 18.2 Å². The second-order valence-corrected chi connectivity index (χ2v) is 7.48. The van der Waals surface area contributed by atoms with Crippen LogP contribution in [0.15, 0.2) is 47.4 Å². The van der Waals surface area contributed by atoms with Crippen LogP contribution in [0.5, 0.6) is 0 Å². The molecule has 2 aromatic carbocycles. The van der Waals surface area contributed by atoms with Crippen LogP contribution in [0.1, 0.15) is 29.9 Å². The molecule has 3 N–H and O–H groups in total. The summed E-state index contributed by atoms with van der Waals surface area (Å²) in [6.07, 6.45) is 3.04. The Morgan fingerprint density at radius 3 is 2.78 bits per heavy atom.